The first kappa shape index (κ1) is 22.4. The Hall–Kier alpha value is -2.75. The molecule has 1 heterocycles. The first-order valence-electron chi connectivity index (χ1n) is 10.4. The monoisotopic (exact) mass is 442 g/mol. The minimum atomic E-state index is -1.52. The number of aliphatic hydroxyl groups excluding tert-OH is 3. The number of rotatable bonds is 7. The Bertz CT molecular complexity index is 915. The molecule has 0 radical (unpaired) electrons. The van der Waals surface area contributed by atoms with E-state index in [-0.39, 0.29) is 25.7 Å². The van der Waals surface area contributed by atoms with Crippen molar-refractivity contribution in [3.05, 3.63) is 72.3 Å². The van der Waals surface area contributed by atoms with Gasteiger partial charge in [0.25, 0.3) is 0 Å². The fraction of sp³-hybridized carbons (Fsp3) is 0.375. The standard InChI is InChI=1S/C24H26O8/c1-2-11-29-23-22(27)21(26)20(25)19(32-23)13-31-24(28)30-12-18-16-9-5-3-7-14(16)15-8-4-6-10-17(15)18/h2-10,18-23,25-27H,1,11-13H2/t19-,20+,21+,22-,23-/m1/s1. The number of fused-ring (bicyclic) bond motifs is 3. The molecule has 2 aliphatic rings. The third kappa shape index (κ3) is 4.41. The summed E-state index contributed by atoms with van der Waals surface area (Å²) in [6, 6.07) is 15.9. The Kier molecular flexibility index (Phi) is 6.88. The molecular formula is C24H26O8. The average molecular weight is 442 g/mol. The molecule has 2 aromatic rings. The molecular weight excluding hydrogens is 416 g/mol. The van der Waals surface area contributed by atoms with Crippen LogP contribution in [0.4, 0.5) is 4.79 Å². The third-order valence-electron chi connectivity index (χ3n) is 5.74. The average Bonchev–Trinajstić information content (AvgIpc) is 3.14. The Balaban J connectivity index is 1.34. The SMILES string of the molecule is C=CCO[C@@H]1O[C@H](COC(=O)OCC2c3ccccc3-c3ccccc32)[C@H](O)[C@H](O)[C@H]1O. The van der Waals surface area contributed by atoms with Crippen molar-refractivity contribution in [2.24, 2.45) is 0 Å². The van der Waals surface area contributed by atoms with Gasteiger partial charge in [-0.05, 0) is 22.3 Å². The van der Waals surface area contributed by atoms with E-state index in [0.717, 1.165) is 22.3 Å². The van der Waals surface area contributed by atoms with Gasteiger partial charge in [-0.25, -0.2) is 4.79 Å². The van der Waals surface area contributed by atoms with Gasteiger partial charge in [0.05, 0.1) is 6.61 Å². The number of carbonyl (C=O) groups excluding carboxylic acids is 1. The quantitative estimate of drug-likeness (QED) is 0.440. The molecule has 32 heavy (non-hydrogen) atoms. The summed E-state index contributed by atoms with van der Waals surface area (Å²) in [5, 5.41) is 30.1. The fourth-order valence-corrected chi connectivity index (χ4v) is 4.14. The molecule has 1 aliphatic heterocycles. The van der Waals surface area contributed by atoms with Crippen LogP contribution < -0.4 is 0 Å². The molecule has 5 atom stereocenters. The van der Waals surface area contributed by atoms with Crippen molar-refractivity contribution in [2.45, 2.75) is 36.6 Å². The molecule has 3 N–H and O–H groups in total. The van der Waals surface area contributed by atoms with Gasteiger partial charge in [-0.3, -0.25) is 0 Å². The normalized spacial score (nSPS) is 26.8. The van der Waals surface area contributed by atoms with E-state index in [1.165, 1.54) is 6.08 Å². The van der Waals surface area contributed by atoms with Gasteiger partial charge in [0, 0.05) is 5.92 Å². The van der Waals surface area contributed by atoms with E-state index in [9.17, 15) is 20.1 Å². The fourth-order valence-electron chi connectivity index (χ4n) is 4.14. The van der Waals surface area contributed by atoms with Crippen LogP contribution >= 0.6 is 0 Å². The van der Waals surface area contributed by atoms with Gasteiger partial charge in [0.1, 0.15) is 37.6 Å². The molecule has 8 heteroatoms. The van der Waals surface area contributed by atoms with E-state index in [1.54, 1.807) is 0 Å². The van der Waals surface area contributed by atoms with Crippen molar-refractivity contribution in [3.63, 3.8) is 0 Å². The zero-order chi connectivity index (χ0) is 22.7. The summed E-state index contributed by atoms with van der Waals surface area (Å²) in [5.74, 6) is -0.111. The Morgan fingerprint density at radius 2 is 1.50 bits per heavy atom. The summed E-state index contributed by atoms with van der Waals surface area (Å²) in [5.41, 5.74) is 4.38. The van der Waals surface area contributed by atoms with Crippen LogP contribution in [0.5, 0.6) is 0 Å². The highest BCUT2D eigenvalue weighted by molar-refractivity contribution is 5.78. The molecule has 170 valence electrons. The van der Waals surface area contributed by atoms with Crippen molar-refractivity contribution in [2.75, 3.05) is 19.8 Å². The van der Waals surface area contributed by atoms with E-state index in [2.05, 4.69) is 6.58 Å². The van der Waals surface area contributed by atoms with Crippen molar-refractivity contribution >= 4 is 6.16 Å². The smallest absolute Gasteiger partial charge is 0.433 e. The molecule has 4 rings (SSSR count). The van der Waals surface area contributed by atoms with Crippen LogP contribution in [0, 0.1) is 0 Å². The Labute approximate surface area is 185 Å². The summed E-state index contributed by atoms with van der Waals surface area (Å²) in [4.78, 5) is 12.2. The molecule has 0 spiro atoms. The van der Waals surface area contributed by atoms with Crippen LogP contribution in [0.25, 0.3) is 11.1 Å². The zero-order valence-electron chi connectivity index (χ0n) is 17.4. The number of ether oxygens (including phenoxy) is 4. The summed E-state index contributed by atoms with van der Waals surface area (Å²) < 4.78 is 21.2. The number of carbonyl (C=O) groups is 1. The molecule has 1 saturated heterocycles. The summed E-state index contributed by atoms with van der Waals surface area (Å²) in [7, 11) is 0. The lowest BCUT2D eigenvalue weighted by Gasteiger charge is -2.39. The maximum absolute atomic E-state index is 12.2. The number of hydrogen-bond donors (Lipinski definition) is 3. The lowest BCUT2D eigenvalue weighted by molar-refractivity contribution is -0.298. The first-order chi connectivity index (χ1) is 15.5. The molecule has 1 aliphatic carbocycles. The molecule has 0 amide bonds. The number of aliphatic hydroxyl groups is 3. The van der Waals surface area contributed by atoms with Crippen LogP contribution in [0.2, 0.25) is 0 Å². The van der Waals surface area contributed by atoms with Gasteiger partial charge in [-0.15, -0.1) is 6.58 Å². The minimum Gasteiger partial charge on any atom is -0.433 e. The van der Waals surface area contributed by atoms with Crippen molar-refractivity contribution < 1.29 is 39.1 Å². The van der Waals surface area contributed by atoms with Crippen LogP contribution in [0.3, 0.4) is 0 Å². The van der Waals surface area contributed by atoms with Gasteiger partial charge >= 0.3 is 6.16 Å². The largest absolute Gasteiger partial charge is 0.508 e. The van der Waals surface area contributed by atoms with Crippen molar-refractivity contribution in [3.8, 4) is 11.1 Å². The van der Waals surface area contributed by atoms with Gasteiger partial charge in [-0.1, -0.05) is 54.6 Å². The first-order valence-corrected chi connectivity index (χ1v) is 10.4. The lowest BCUT2D eigenvalue weighted by atomic mass is 9.98. The second-order valence-electron chi connectivity index (χ2n) is 7.74. The van der Waals surface area contributed by atoms with E-state index in [0.29, 0.717) is 0 Å². The highest BCUT2D eigenvalue weighted by Crippen LogP contribution is 2.44. The summed E-state index contributed by atoms with van der Waals surface area (Å²) in [6.45, 7) is 3.29. The minimum absolute atomic E-state index is 0.0739. The predicted molar refractivity (Wildman–Crippen MR) is 114 cm³/mol. The van der Waals surface area contributed by atoms with Crippen molar-refractivity contribution in [1.29, 1.82) is 0 Å². The molecule has 0 aromatic heterocycles. The van der Waals surface area contributed by atoms with E-state index in [4.69, 9.17) is 18.9 Å². The third-order valence-corrected chi connectivity index (χ3v) is 5.74. The Morgan fingerprint density at radius 3 is 2.12 bits per heavy atom. The van der Waals surface area contributed by atoms with E-state index < -0.39 is 36.9 Å². The Morgan fingerprint density at radius 1 is 0.906 bits per heavy atom. The second kappa shape index (κ2) is 9.81. The maximum Gasteiger partial charge on any atom is 0.508 e. The molecule has 0 bridgehead atoms. The molecule has 2 aromatic carbocycles. The summed E-state index contributed by atoms with van der Waals surface area (Å²) >= 11 is 0. The second-order valence-corrected chi connectivity index (χ2v) is 7.74. The van der Waals surface area contributed by atoms with Gasteiger partial charge in [-0.2, -0.15) is 0 Å². The van der Waals surface area contributed by atoms with E-state index >= 15 is 0 Å². The van der Waals surface area contributed by atoms with Crippen LogP contribution in [-0.4, -0.2) is 72.0 Å². The van der Waals surface area contributed by atoms with Crippen LogP contribution in [0.1, 0.15) is 17.0 Å². The maximum atomic E-state index is 12.2. The molecule has 8 nitrogen and oxygen atoms in total. The lowest BCUT2D eigenvalue weighted by Crippen LogP contribution is -2.59. The summed E-state index contributed by atoms with van der Waals surface area (Å²) in [6.07, 6.45) is -6.19. The van der Waals surface area contributed by atoms with Gasteiger partial charge < -0.3 is 34.3 Å². The topological polar surface area (TPSA) is 115 Å². The number of benzene rings is 2. The molecule has 0 saturated carbocycles. The zero-order valence-corrected chi connectivity index (χ0v) is 17.4. The highest BCUT2D eigenvalue weighted by Gasteiger charge is 2.44. The van der Waals surface area contributed by atoms with E-state index in [1.807, 2.05) is 48.5 Å². The van der Waals surface area contributed by atoms with Crippen LogP contribution in [-0.2, 0) is 18.9 Å². The predicted octanol–water partition coefficient (Wildman–Crippen LogP) is 1.96. The van der Waals surface area contributed by atoms with Crippen LogP contribution in [0.15, 0.2) is 61.2 Å². The van der Waals surface area contributed by atoms with Crippen molar-refractivity contribution in [1.82, 2.24) is 0 Å². The number of hydrogen-bond acceptors (Lipinski definition) is 8. The highest BCUT2D eigenvalue weighted by atomic mass is 16.7. The van der Waals surface area contributed by atoms with Gasteiger partial charge in [0.15, 0.2) is 6.29 Å². The molecule has 0 unspecified atom stereocenters. The molecule has 1 fully saturated rings. The van der Waals surface area contributed by atoms with Gasteiger partial charge in [0.2, 0.25) is 0 Å².